The van der Waals surface area contributed by atoms with Gasteiger partial charge in [-0.1, -0.05) is 18.0 Å². The van der Waals surface area contributed by atoms with Crippen LogP contribution >= 0.6 is 11.6 Å². The van der Waals surface area contributed by atoms with Crippen LogP contribution in [0.3, 0.4) is 0 Å². The van der Waals surface area contributed by atoms with Crippen LogP contribution in [-0.2, 0) is 19.5 Å². The van der Waals surface area contributed by atoms with Crippen molar-refractivity contribution in [1.82, 2.24) is 19.3 Å². The largest absolute Gasteiger partial charge is 0.419 e. The molecule has 1 aliphatic rings. The van der Waals surface area contributed by atoms with E-state index in [4.69, 9.17) is 16.0 Å². The van der Waals surface area contributed by atoms with E-state index in [2.05, 4.69) is 10.2 Å². The molecule has 0 amide bonds. The van der Waals surface area contributed by atoms with Crippen molar-refractivity contribution >= 4 is 11.6 Å². The first-order valence-electron chi connectivity index (χ1n) is 8.93. The summed E-state index contributed by atoms with van der Waals surface area (Å²) in [4.78, 5) is 25.6. The summed E-state index contributed by atoms with van der Waals surface area (Å²) in [6.45, 7) is 0.302. The van der Waals surface area contributed by atoms with Crippen LogP contribution in [0, 0.1) is 11.3 Å². The Bertz CT molecular complexity index is 1180. The highest BCUT2D eigenvalue weighted by atomic mass is 35.5. The number of hydrogen-bond acceptors (Lipinski definition) is 6. The van der Waals surface area contributed by atoms with Gasteiger partial charge >= 0.3 is 5.69 Å². The summed E-state index contributed by atoms with van der Waals surface area (Å²) in [5, 5.41) is 18.0. The first kappa shape index (κ1) is 18.2. The maximum absolute atomic E-state index is 12.9. The van der Waals surface area contributed by atoms with Crippen molar-refractivity contribution in [3.63, 3.8) is 0 Å². The normalized spacial score (nSPS) is 13.6. The highest BCUT2D eigenvalue weighted by Crippen LogP contribution is 2.20. The summed E-state index contributed by atoms with van der Waals surface area (Å²) in [6, 6.07) is 8.83. The average molecular weight is 398 g/mol. The first-order chi connectivity index (χ1) is 13.6. The fourth-order valence-electron chi connectivity index (χ4n) is 3.38. The molecular formula is C19H16ClN5O3. The van der Waals surface area contributed by atoms with E-state index in [0.717, 1.165) is 23.8 Å². The number of fused-ring (bicyclic) bond motifs is 1. The molecule has 28 heavy (non-hydrogen) atoms. The number of halogens is 1. The maximum atomic E-state index is 12.9. The first-order valence-corrected chi connectivity index (χ1v) is 9.31. The molecule has 0 N–H and O–H groups in total. The number of benzene rings is 1. The number of hydrogen-bond donors (Lipinski definition) is 0. The number of rotatable bonds is 3. The molecule has 0 saturated heterocycles. The lowest BCUT2D eigenvalue weighted by molar-refractivity contribution is 0.464. The molecule has 2 aromatic heterocycles. The molecule has 0 fully saturated rings. The summed E-state index contributed by atoms with van der Waals surface area (Å²) in [6.07, 6.45) is 3.19. The van der Waals surface area contributed by atoms with Crippen molar-refractivity contribution in [2.75, 3.05) is 0 Å². The summed E-state index contributed by atoms with van der Waals surface area (Å²) in [5.41, 5.74) is 0.142. The molecule has 1 aromatic carbocycles. The van der Waals surface area contributed by atoms with Gasteiger partial charge in [-0.3, -0.25) is 9.36 Å². The minimum atomic E-state index is -0.619. The molecule has 0 unspecified atom stereocenters. The van der Waals surface area contributed by atoms with Crippen molar-refractivity contribution < 1.29 is 4.42 Å². The Kier molecular flexibility index (Phi) is 4.84. The molecule has 3 aromatic rings. The van der Waals surface area contributed by atoms with Crippen molar-refractivity contribution in [3.8, 4) is 17.5 Å². The Morgan fingerprint density at radius 1 is 1.14 bits per heavy atom. The standard InChI is InChI=1S/C19H16ClN5O3/c20-13-7-5-12(6-8-13)17-23-22-16(28-17)11-25-18(26)14(10-21)15-4-2-1-3-9-24(15)19(25)27/h5-8H,1-4,9,11H2. The second-order valence-electron chi connectivity index (χ2n) is 6.58. The minimum Gasteiger partial charge on any atom is -0.419 e. The van der Waals surface area contributed by atoms with Gasteiger partial charge in [0, 0.05) is 22.8 Å². The van der Waals surface area contributed by atoms with Gasteiger partial charge in [0.1, 0.15) is 18.2 Å². The third kappa shape index (κ3) is 3.25. The molecule has 0 bridgehead atoms. The van der Waals surface area contributed by atoms with Gasteiger partial charge in [0.25, 0.3) is 5.56 Å². The molecule has 4 rings (SSSR count). The average Bonchev–Trinajstić information content (AvgIpc) is 3.02. The molecule has 0 atom stereocenters. The van der Waals surface area contributed by atoms with Crippen LogP contribution in [0.15, 0.2) is 38.3 Å². The van der Waals surface area contributed by atoms with Crippen LogP contribution in [0.5, 0.6) is 0 Å². The molecular weight excluding hydrogens is 382 g/mol. The number of aromatic nitrogens is 4. The second kappa shape index (κ2) is 7.44. The molecule has 0 radical (unpaired) electrons. The predicted molar refractivity (Wildman–Crippen MR) is 101 cm³/mol. The van der Waals surface area contributed by atoms with Crippen LogP contribution in [0.1, 0.15) is 36.4 Å². The van der Waals surface area contributed by atoms with E-state index < -0.39 is 11.2 Å². The van der Waals surface area contributed by atoms with Gasteiger partial charge in [-0.25, -0.2) is 9.36 Å². The topological polar surface area (TPSA) is 107 Å². The lowest BCUT2D eigenvalue weighted by atomic mass is 10.1. The van der Waals surface area contributed by atoms with Gasteiger partial charge in [-0.05, 0) is 43.5 Å². The molecule has 9 heteroatoms. The van der Waals surface area contributed by atoms with E-state index >= 15 is 0 Å². The van der Waals surface area contributed by atoms with Crippen LogP contribution < -0.4 is 11.2 Å². The predicted octanol–water partition coefficient (Wildman–Crippen LogP) is 2.36. The van der Waals surface area contributed by atoms with Gasteiger partial charge in [-0.2, -0.15) is 5.26 Å². The molecule has 0 saturated carbocycles. The van der Waals surface area contributed by atoms with Gasteiger partial charge in [0.05, 0.1) is 0 Å². The number of nitriles is 1. The fourth-order valence-corrected chi connectivity index (χ4v) is 3.51. The van der Waals surface area contributed by atoms with E-state index in [1.165, 1.54) is 4.57 Å². The Morgan fingerprint density at radius 2 is 1.93 bits per heavy atom. The monoisotopic (exact) mass is 397 g/mol. The van der Waals surface area contributed by atoms with Gasteiger partial charge < -0.3 is 4.42 Å². The molecule has 0 spiro atoms. The Labute approximate surface area is 164 Å². The zero-order valence-electron chi connectivity index (χ0n) is 14.9. The zero-order chi connectivity index (χ0) is 19.7. The van der Waals surface area contributed by atoms with Crippen molar-refractivity contribution in [3.05, 3.63) is 67.3 Å². The van der Waals surface area contributed by atoms with E-state index in [0.29, 0.717) is 29.2 Å². The Hall–Kier alpha value is -3.18. The summed E-state index contributed by atoms with van der Waals surface area (Å²) < 4.78 is 8.13. The van der Waals surface area contributed by atoms with Crippen molar-refractivity contribution in [2.24, 2.45) is 0 Å². The van der Waals surface area contributed by atoms with Crippen LogP contribution in [0.25, 0.3) is 11.5 Å². The van der Waals surface area contributed by atoms with E-state index in [-0.39, 0.29) is 23.9 Å². The Morgan fingerprint density at radius 3 is 2.68 bits per heavy atom. The number of nitrogens with zero attached hydrogens (tertiary/aromatic N) is 5. The van der Waals surface area contributed by atoms with E-state index in [1.807, 2.05) is 6.07 Å². The quantitative estimate of drug-likeness (QED) is 0.671. The fraction of sp³-hybridized carbons (Fsp3) is 0.316. The van der Waals surface area contributed by atoms with Crippen molar-refractivity contribution in [2.45, 2.75) is 38.8 Å². The maximum Gasteiger partial charge on any atom is 0.331 e. The molecule has 1 aliphatic heterocycles. The van der Waals surface area contributed by atoms with Crippen LogP contribution in [0.4, 0.5) is 0 Å². The lowest BCUT2D eigenvalue weighted by Crippen LogP contribution is -2.43. The van der Waals surface area contributed by atoms with E-state index in [1.54, 1.807) is 24.3 Å². The summed E-state index contributed by atoms with van der Waals surface area (Å²) in [5.74, 6) is 0.372. The van der Waals surface area contributed by atoms with Crippen LogP contribution in [0.2, 0.25) is 5.02 Å². The zero-order valence-corrected chi connectivity index (χ0v) is 15.6. The molecule has 142 valence electrons. The van der Waals surface area contributed by atoms with Crippen molar-refractivity contribution in [1.29, 1.82) is 5.26 Å². The van der Waals surface area contributed by atoms with E-state index in [9.17, 15) is 14.9 Å². The highest BCUT2D eigenvalue weighted by Gasteiger charge is 2.21. The highest BCUT2D eigenvalue weighted by molar-refractivity contribution is 6.30. The molecule has 0 aliphatic carbocycles. The van der Waals surface area contributed by atoms with Gasteiger partial charge in [-0.15, -0.1) is 10.2 Å². The van der Waals surface area contributed by atoms with Gasteiger partial charge in [0.15, 0.2) is 0 Å². The second-order valence-corrected chi connectivity index (χ2v) is 7.01. The smallest absolute Gasteiger partial charge is 0.331 e. The Balaban J connectivity index is 1.74. The minimum absolute atomic E-state index is 0.0129. The third-order valence-electron chi connectivity index (χ3n) is 4.79. The SMILES string of the molecule is N#Cc1c2n(c(=O)n(Cc3nnc(-c4ccc(Cl)cc4)o3)c1=O)CCCCC2. The molecule has 3 heterocycles. The molecule has 8 nitrogen and oxygen atoms in total. The van der Waals surface area contributed by atoms with Gasteiger partial charge in [0.2, 0.25) is 11.8 Å². The summed E-state index contributed by atoms with van der Waals surface area (Å²) >= 11 is 5.88. The summed E-state index contributed by atoms with van der Waals surface area (Å²) in [7, 11) is 0. The van der Waals surface area contributed by atoms with Crippen LogP contribution in [-0.4, -0.2) is 19.3 Å². The third-order valence-corrected chi connectivity index (χ3v) is 5.05. The lowest BCUT2D eigenvalue weighted by Gasteiger charge is -2.13.